The maximum absolute atomic E-state index is 11.8. The van der Waals surface area contributed by atoms with Crippen molar-refractivity contribution in [3.8, 4) is 0 Å². The Balaban J connectivity index is 1.53. The second-order valence-electron chi connectivity index (χ2n) is 5.07. The van der Waals surface area contributed by atoms with E-state index in [0.717, 1.165) is 19.4 Å². The molecule has 0 aromatic carbocycles. The topological polar surface area (TPSA) is 50.4 Å². The standard InChI is InChI=1S/C13H24N2O2/c16-13(12-7-3-4-8-14-12)15-9-10-17-11-5-1-2-6-11/h11-12,14H,1-10H2,(H,15,16)/t12-/m0/s1. The summed E-state index contributed by atoms with van der Waals surface area (Å²) in [6.45, 7) is 2.27. The molecule has 1 amide bonds. The van der Waals surface area contributed by atoms with Crippen LogP contribution in [-0.4, -0.2) is 37.7 Å². The molecule has 0 aromatic rings. The van der Waals surface area contributed by atoms with Crippen LogP contribution in [-0.2, 0) is 9.53 Å². The molecule has 4 heteroatoms. The van der Waals surface area contributed by atoms with Crippen LogP contribution < -0.4 is 10.6 Å². The van der Waals surface area contributed by atoms with Crippen molar-refractivity contribution in [2.45, 2.75) is 57.1 Å². The molecule has 0 radical (unpaired) electrons. The van der Waals surface area contributed by atoms with Crippen LogP contribution in [0, 0.1) is 0 Å². The smallest absolute Gasteiger partial charge is 0.237 e. The van der Waals surface area contributed by atoms with E-state index in [9.17, 15) is 4.79 Å². The highest BCUT2D eigenvalue weighted by molar-refractivity contribution is 5.81. The van der Waals surface area contributed by atoms with Gasteiger partial charge in [0.15, 0.2) is 0 Å². The molecule has 1 saturated carbocycles. The van der Waals surface area contributed by atoms with E-state index >= 15 is 0 Å². The van der Waals surface area contributed by atoms with Gasteiger partial charge in [-0.25, -0.2) is 0 Å². The number of carbonyl (C=O) groups is 1. The third-order valence-corrected chi connectivity index (χ3v) is 3.68. The molecule has 2 aliphatic rings. The Morgan fingerprint density at radius 2 is 1.94 bits per heavy atom. The Labute approximate surface area is 103 Å². The molecule has 98 valence electrons. The Morgan fingerprint density at radius 3 is 2.65 bits per heavy atom. The van der Waals surface area contributed by atoms with Crippen molar-refractivity contribution in [1.29, 1.82) is 0 Å². The maximum atomic E-state index is 11.8. The minimum Gasteiger partial charge on any atom is -0.376 e. The third-order valence-electron chi connectivity index (χ3n) is 3.68. The van der Waals surface area contributed by atoms with E-state index in [4.69, 9.17) is 4.74 Å². The number of nitrogens with one attached hydrogen (secondary N) is 2. The van der Waals surface area contributed by atoms with Crippen LogP contribution in [0.25, 0.3) is 0 Å². The lowest BCUT2D eigenvalue weighted by Gasteiger charge is -2.22. The van der Waals surface area contributed by atoms with Gasteiger partial charge < -0.3 is 15.4 Å². The van der Waals surface area contributed by atoms with E-state index in [1.807, 2.05) is 0 Å². The number of hydrogen-bond acceptors (Lipinski definition) is 3. The van der Waals surface area contributed by atoms with Gasteiger partial charge in [0.2, 0.25) is 5.91 Å². The first-order chi connectivity index (χ1) is 8.36. The van der Waals surface area contributed by atoms with Gasteiger partial charge in [-0.15, -0.1) is 0 Å². The number of rotatable bonds is 5. The fourth-order valence-electron chi connectivity index (χ4n) is 2.65. The van der Waals surface area contributed by atoms with Crippen molar-refractivity contribution in [3.05, 3.63) is 0 Å². The monoisotopic (exact) mass is 240 g/mol. The van der Waals surface area contributed by atoms with Crippen LogP contribution in [0.5, 0.6) is 0 Å². The van der Waals surface area contributed by atoms with E-state index in [-0.39, 0.29) is 11.9 Å². The lowest BCUT2D eigenvalue weighted by atomic mass is 10.0. The molecule has 1 saturated heterocycles. The van der Waals surface area contributed by atoms with Gasteiger partial charge in [0.05, 0.1) is 18.8 Å². The second-order valence-corrected chi connectivity index (χ2v) is 5.07. The van der Waals surface area contributed by atoms with Crippen molar-refractivity contribution in [1.82, 2.24) is 10.6 Å². The van der Waals surface area contributed by atoms with Crippen molar-refractivity contribution >= 4 is 5.91 Å². The van der Waals surface area contributed by atoms with E-state index in [0.29, 0.717) is 19.3 Å². The molecule has 0 bridgehead atoms. The molecule has 1 aliphatic heterocycles. The molecule has 2 rings (SSSR count). The van der Waals surface area contributed by atoms with Gasteiger partial charge in [0.1, 0.15) is 0 Å². The molecule has 2 fully saturated rings. The first-order valence-corrected chi connectivity index (χ1v) is 6.99. The third kappa shape index (κ3) is 4.28. The van der Waals surface area contributed by atoms with Crippen LogP contribution in [0.1, 0.15) is 44.9 Å². The van der Waals surface area contributed by atoms with Gasteiger partial charge in [0, 0.05) is 6.54 Å². The van der Waals surface area contributed by atoms with Gasteiger partial charge in [-0.05, 0) is 32.2 Å². The van der Waals surface area contributed by atoms with E-state index in [2.05, 4.69) is 10.6 Å². The predicted molar refractivity (Wildman–Crippen MR) is 66.9 cm³/mol. The summed E-state index contributed by atoms with van der Waals surface area (Å²) >= 11 is 0. The zero-order chi connectivity index (χ0) is 11.9. The lowest BCUT2D eigenvalue weighted by molar-refractivity contribution is -0.124. The molecule has 0 unspecified atom stereocenters. The minimum absolute atomic E-state index is 0.0234. The summed E-state index contributed by atoms with van der Waals surface area (Å²) in [5.41, 5.74) is 0. The Bertz CT molecular complexity index is 234. The molecule has 2 N–H and O–H groups in total. The molecule has 0 spiro atoms. The van der Waals surface area contributed by atoms with E-state index in [1.165, 1.54) is 32.1 Å². The first kappa shape index (κ1) is 12.8. The largest absolute Gasteiger partial charge is 0.376 e. The SMILES string of the molecule is O=C(NCCOC1CCCC1)[C@@H]1CCCCN1. The van der Waals surface area contributed by atoms with Gasteiger partial charge in [0.25, 0.3) is 0 Å². The maximum Gasteiger partial charge on any atom is 0.237 e. The molecule has 1 heterocycles. The molecular formula is C13H24N2O2. The van der Waals surface area contributed by atoms with Gasteiger partial charge in [-0.2, -0.15) is 0 Å². The van der Waals surface area contributed by atoms with Crippen LogP contribution in [0.2, 0.25) is 0 Å². The Morgan fingerprint density at radius 1 is 1.18 bits per heavy atom. The van der Waals surface area contributed by atoms with Crippen molar-refractivity contribution in [2.24, 2.45) is 0 Å². The zero-order valence-electron chi connectivity index (χ0n) is 10.5. The quantitative estimate of drug-likeness (QED) is 0.710. The number of amides is 1. The molecule has 17 heavy (non-hydrogen) atoms. The molecular weight excluding hydrogens is 216 g/mol. The first-order valence-electron chi connectivity index (χ1n) is 6.99. The van der Waals surface area contributed by atoms with Crippen LogP contribution >= 0.6 is 0 Å². The second kappa shape index (κ2) is 6.97. The normalized spacial score (nSPS) is 26.0. The van der Waals surface area contributed by atoms with Crippen LogP contribution in [0.4, 0.5) is 0 Å². The highest BCUT2D eigenvalue weighted by Gasteiger charge is 2.20. The van der Waals surface area contributed by atoms with E-state index in [1.54, 1.807) is 0 Å². The zero-order valence-corrected chi connectivity index (χ0v) is 10.5. The van der Waals surface area contributed by atoms with Crippen LogP contribution in [0.3, 0.4) is 0 Å². The molecule has 0 aromatic heterocycles. The number of ether oxygens (including phenoxy) is 1. The summed E-state index contributed by atoms with van der Waals surface area (Å²) in [6.07, 6.45) is 8.73. The van der Waals surface area contributed by atoms with Crippen molar-refractivity contribution < 1.29 is 9.53 Å². The summed E-state index contributed by atoms with van der Waals surface area (Å²) < 4.78 is 5.71. The number of hydrogen-bond donors (Lipinski definition) is 2. The number of piperidine rings is 1. The average molecular weight is 240 g/mol. The minimum atomic E-state index is 0.0234. The lowest BCUT2D eigenvalue weighted by Crippen LogP contribution is -2.47. The highest BCUT2D eigenvalue weighted by atomic mass is 16.5. The van der Waals surface area contributed by atoms with Crippen molar-refractivity contribution in [2.75, 3.05) is 19.7 Å². The van der Waals surface area contributed by atoms with Crippen LogP contribution in [0.15, 0.2) is 0 Å². The fraction of sp³-hybridized carbons (Fsp3) is 0.923. The van der Waals surface area contributed by atoms with Crippen molar-refractivity contribution in [3.63, 3.8) is 0 Å². The number of carbonyl (C=O) groups excluding carboxylic acids is 1. The molecule has 4 nitrogen and oxygen atoms in total. The summed E-state index contributed by atoms with van der Waals surface area (Å²) in [4.78, 5) is 11.8. The van der Waals surface area contributed by atoms with E-state index < -0.39 is 0 Å². The summed E-state index contributed by atoms with van der Waals surface area (Å²) in [5, 5.41) is 6.20. The predicted octanol–water partition coefficient (Wildman–Crippen LogP) is 1.20. The van der Waals surface area contributed by atoms with Gasteiger partial charge >= 0.3 is 0 Å². The Kier molecular flexibility index (Phi) is 5.26. The highest BCUT2D eigenvalue weighted by Crippen LogP contribution is 2.20. The summed E-state index contributed by atoms with van der Waals surface area (Å²) in [7, 11) is 0. The average Bonchev–Trinajstić information content (AvgIpc) is 2.88. The summed E-state index contributed by atoms with van der Waals surface area (Å²) in [6, 6.07) is 0.0234. The summed E-state index contributed by atoms with van der Waals surface area (Å²) in [5.74, 6) is 0.139. The van der Waals surface area contributed by atoms with Gasteiger partial charge in [-0.3, -0.25) is 4.79 Å². The molecule has 1 atom stereocenters. The fourth-order valence-corrected chi connectivity index (χ4v) is 2.65. The van der Waals surface area contributed by atoms with Gasteiger partial charge in [-0.1, -0.05) is 19.3 Å². The molecule has 1 aliphatic carbocycles. The Hall–Kier alpha value is -0.610.